The fourth-order valence-electron chi connectivity index (χ4n) is 3.35. The summed E-state index contributed by atoms with van der Waals surface area (Å²) in [6, 6.07) is 7.92. The number of carbonyl (C=O) groups excluding carboxylic acids is 1. The Hall–Kier alpha value is -1.88. The molecule has 118 valence electrons. The van der Waals surface area contributed by atoms with Gasteiger partial charge in [0.2, 0.25) is 5.91 Å². The third-order valence-electron chi connectivity index (χ3n) is 4.63. The molecule has 0 spiro atoms. The van der Waals surface area contributed by atoms with Crippen LogP contribution in [0.2, 0.25) is 0 Å². The quantitative estimate of drug-likeness (QED) is 0.910. The van der Waals surface area contributed by atoms with E-state index in [0.717, 1.165) is 17.5 Å². The fraction of sp³-hybridized carbons (Fsp3) is 0.529. The van der Waals surface area contributed by atoms with E-state index in [9.17, 15) is 9.90 Å². The average molecular weight is 301 g/mol. The predicted molar refractivity (Wildman–Crippen MR) is 85.2 cm³/mol. The van der Waals surface area contributed by atoms with Crippen molar-refractivity contribution in [3.05, 3.63) is 30.1 Å². The minimum Gasteiger partial charge on any atom is -0.388 e. The topological polar surface area (TPSA) is 67.2 Å². The molecule has 5 heteroatoms. The summed E-state index contributed by atoms with van der Waals surface area (Å²) in [6.07, 6.45) is 4.69. The summed E-state index contributed by atoms with van der Waals surface area (Å²) >= 11 is 0. The molecule has 1 fully saturated rings. The van der Waals surface area contributed by atoms with Gasteiger partial charge in [-0.15, -0.1) is 0 Å². The van der Waals surface area contributed by atoms with Gasteiger partial charge in [-0.3, -0.25) is 4.79 Å². The number of nitrogens with zero attached hydrogens (tertiary/aromatic N) is 2. The van der Waals surface area contributed by atoms with Crippen LogP contribution < -0.4 is 5.32 Å². The highest BCUT2D eigenvalue weighted by Crippen LogP contribution is 2.24. The minimum atomic E-state index is -0.165. The van der Waals surface area contributed by atoms with Gasteiger partial charge >= 0.3 is 0 Å². The molecule has 1 saturated carbocycles. The van der Waals surface area contributed by atoms with Gasteiger partial charge in [-0.2, -0.15) is 0 Å². The number of benzene rings is 1. The zero-order chi connectivity index (χ0) is 15.5. The van der Waals surface area contributed by atoms with E-state index in [-0.39, 0.29) is 25.1 Å². The maximum absolute atomic E-state index is 12.4. The number of amides is 1. The van der Waals surface area contributed by atoms with Crippen LogP contribution in [-0.4, -0.2) is 26.6 Å². The smallest absolute Gasteiger partial charge is 0.240 e. The number of aliphatic hydroxyl groups excluding tert-OH is 1. The maximum Gasteiger partial charge on any atom is 0.240 e. The van der Waals surface area contributed by atoms with Gasteiger partial charge in [-0.1, -0.05) is 31.9 Å². The van der Waals surface area contributed by atoms with Gasteiger partial charge < -0.3 is 15.0 Å². The lowest BCUT2D eigenvalue weighted by atomic mass is 9.86. The molecule has 0 bridgehead atoms. The molecular formula is C17H23N3O2. The number of para-hydroxylation sites is 2. The lowest BCUT2D eigenvalue weighted by Gasteiger charge is -2.29. The molecule has 2 atom stereocenters. The number of hydrogen-bond acceptors (Lipinski definition) is 3. The average Bonchev–Trinajstić information content (AvgIpc) is 2.87. The Labute approximate surface area is 130 Å². The first-order valence-corrected chi connectivity index (χ1v) is 8.03. The monoisotopic (exact) mass is 301 g/mol. The van der Waals surface area contributed by atoms with E-state index in [4.69, 9.17) is 0 Å². The Morgan fingerprint density at radius 2 is 2.14 bits per heavy atom. The second-order valence-electron chi connectivity index (χ2n) is 6.20. The molecule has 0 radical (unpaired) electrons. The van der Waals surface area contributed by atoms with Crippen LogP contribution in [0.25, 0.3) is 11.0 Å². The Morgan fingerprint density at radius 3 is 2.91 bits per heavy atom. The summed E-state index contributed by atoms with van der Waals surface area (Å²) in [4.78, 5) is 16.8. The lowest BCUT2D eigenvalue weighted by molar-refractivity contribution is -0.122. The number of aromatic nitrogens is 2. The zero-order valence-electron chi connectivity index (χ0n) is 13.0. The second-order valence-corrected chi connectivity index (χ2v) is 6.20. The van der Waals surface area contributed by atoms with Crippen LogP contribution in [0, 0.1) is 5.92 Å². The number of carbonyl (C=O) groups is 1. The molecule has 1 heterocycles. The van der Waals surface area contributed by atoms with E-state index in [0.29, 0.717) is 11.7 Å². The van der Waals surface area contributed by atoms with Gasteiger partial charge in [-0.05, 0) is 30.9 Å². The molecule has 22 heavy (non-hydrogen) atoms. The van der Waals surface area contributed by atoms with Crippen molar-refractivity contribution in [3.8, 4) is 0 Å². The normalized spacial score (nSPS) is 21.9. The molecule has 2 aromatic rings. The van der Waals surface area contributed by atoms with Crippen molar-refractivity contribution < 1.29 is 9.90 Å². The van der Waals surface area contributed by atoms with Crippen LogP contribution in [-0.2, 0) is 17.9 Å². The number of nitrogens with one attached hydrogen (secondary N) is 1. The summed E-state index contributed by atoms with van der Waals surface area (Å²) in [5, 5.41) is 12.6. The van der Waals surface area contributed by atoms with Crippen molar-refractivity contribution in [3.63, 3.8) is 0 Å². The van der Waals surface area contributed by atoms with E-state index in [1.165, 1.54) is 19.3 Å². The maximum atomic E-state index is 12.4. The molecule has 0 saturated heterocycles. The Kier molecular flexibility index (Phi) is 4.43. The number of aliphatic hydroxyl groups is 1. The highest BCUT2D eigenvalue weighted by Gasteiger charge is 2.23. The number of fused-ring (bicyclic) bond motifs is 1. The number of hydrogen-bond donors (Lipinski definition) is 2. The van der Waals surface area contributed by atoms with Crippen molar-refractivity contribution in [1.29, 1.82) is 0 Å². The van der Waals surface area contributed by atoms with Crippen LogP contribution in [0.3, 0.4) is 0 Å². The van der Waals surface area contributed by atoms with Gasteiger partial charge in [-0.25, -0.2) is 4.98 Å². The molecule has 1 aromatic heterocycles. The SMILES string of the molecule is CC1CCCCC1NC(=O)Cn1c(CO)nc2ccccc21. The van der Waals surface area contributed by atoms with Gasteiger partial charge in [0.25, 0.3) is 0 Å². The Balaban J connectivity index is 1.76. The van der Waals surface area contributed by atoms with Crippen molar-refractivity contribution >= 4 is 16.9 Å². The van der Waals surface area contributed by atoms with Crippen LogP contribution in [0.4, 0.5) is 0 Å². The van der Waals surface area contributed by atoms with Crippen molar-refractivity contribution in [2.75, 3.05) is 0 Å². The molecule has 1 amide bonds. The van der Waals surface area contributed by atoms with Crippen LogP contribution in [0.1, 0.15) is 38.4 Å². The third-order valence-corrected chi connectivity index (χ3v) is 4.63. The molecule has 1 aromatic carbocycles. The van der Waals surface area contributed by atoms with E-state index in [1.54, 1.807) is 4.57 Å². The minimum absolute atomic E-state index is 0.00315. The van der Waals surface area contributed by atoms with Gasteiger partial charge in [0.15, 0.2) is 0 Å². The highest BCUT2D eigenvalue weighted by molar-refractivity contribution is 5.81. The lowest BCUT2D eigenvalue weighted by Crippen LogP contribution is -2.42. The van der Waals surface area contributed by atoms with E-state index in [2.05, 4.69) is 17.2 Å². The summed E-state index contributed by atoms with van der Waals surface area (Å²) in [7, 11) is 0. The van der Waals surface area contributed by atoms with Gasteiger partial charge in [0, 0.05) is 6.04 Å². The van der Waals surface area contributed by atoms with E-state index in [1.807, 2.05) is 24.3 Å². The first-order valence-electron chi connectivity index (χ1n) is 8.03. The summed E-state index contributed by atoms with van der Waals surface area (Å²) in [5.41, 5.74) is 1.70. The Morgan fingerprint density at radius 1 is 1.36 bits per heavy atom. The van der Waals surface area contributed by atoms with Gasteiger partial charge in [0.05, 0.1) is 11.0 Å². The Bertz CT molecular complexity index is 665. The zero-order valence-corrected chi connectivity index (χ0v) is 13.0. The van der Waals surface area contributed by atoms with Crippen LogP contribution in [0.15, 0.2) is 24.3 Å². The molecule has 0 aliphatic heterocycles. The van der Waals surface area contributed by atoms with Crippen LogP contribution in [0.5, 0.6) is 0 Å². The largest absolute Gasteiger partial charge is 0.388 e. The number of rotatable bonds is 4. The van der Waals surface area contributed by atoms with Crippen molar-refractivity contribution in [2.24, 2.45) is 5.92 Å². The molecule has 2 unspecified atom stereocenters. The molecular weight excluding hydrogens is 278 g/mol. The predicted octanol–water partition coefficient (Wildman–Crippen LogP) is 2.22. The first kappa shape index (κ1) is 15.0. The van der Waals surface area contributed by atoms with E-state index < -0.39 is 0 Å². The molecule has 3 rings (SSSR count). The molecule has 1 aliphatic rings. The van der Waals surface area contributed by atoms with Crippen LogP contribution >= 0.6 is 0 Å². The third kappa shape index (κ3) is 2.99. The summed E-state index contributed by atoms with van der Waals surface area (Å²) in [6.45, 7) is 2.25. The summed E-state index contributed by atoms with van der Waals surface area (Å²) < 4.78 is 1.80. The summed E-state index contributed by atoms with van der Waals surface area (Å²) in [5.74, 6) is 1.07. The second kappa shape index (κ2) is 6.48. The van der Waals surface area contributed by atoms with E-state index >= 15 is 0 Å². The molecule has 1 aliphatic carbocycles. The fourth-order valence-corrected chi connectivity index (χ4v) is 3.35. The van der Waals surface area contributed by atoms with Crippen molar-refractivity contribution in [1.82, 2.24) is 14.9 Å². The van der Waals surface area contributed by atoms with Gasteiger partial charge in [0.1, 0.15) is 19.0 Å². The molecule has 5 nitrogen and oxygen atoms in total. The highest BCUT2D eigenvalue weighted by atomic mass is 16.3. The first-order chi connectivity index (χ1) is 10.7. The standard InChI is InChI=1S/C17H23N3O2/c1-12-6-2-3-7-13(12)19-17(22)10-20-15-9-5-4-8-14(15)18-16(20)11-21/h4-5,8-9,12-13,21H,2-3,6-7,10-11H2,1H3,(H,19,22). The molecule has 2 N–H and O–H groups in total. The van der Waals surface area contributed by atoms with Crippen molar-refractivity contribution in [2.45, 2.75) is 51.8 Å². The number of imidazole rings is 1.